The van der Waals surface area contributed by atoms with Gasteiger partial charge in [-0.1, -0.05) is 18.2 Å². The number of carbonyl (C=O) groups excluding carboxylic acids is 1. The molecule has 1 aliphatic rings. The zero-order valence-electron chi connectivity index (χ0n) is 15.6. The Morgan fingerprint density at radius 1 is 1.24 bits per heavy atom. The van der Waals surface area contributed by atoms with Gasteiger partial charge in [-0.3, -0.25) is 9.52 Å². The van der Waals surface area contributed by atoms with E-state index in [1.54, 1.807) is 49.6 Å². The topological polar surface area (TPSA) is 92.0 Å². The molecule has 9 heteroatoms. The number of hydrogen-bond donors (Lipinski definition) is 1. The number of nitrogens with one attached hydrogen (secondary N) is 1. The molecule has 1 N–H and O–H groups in total. The van der Waals surface area contributed by atoms with Crippen LogP contribution in [-0.4, -0.2) is 30.8 Å². The second-order valence-electron chi connectivity index (χ2n) is 6.49. The predicted molar refractivity (Wildman–Crippen MR) is 113 cm³/mol. The largest absolute Gasteiger partial charge is 0.467 e. The number of amides is 1. The van der Waals surface area contributed by atoms with Gasteiger partial charge < -0.3 is 4.42 Å². The molecule has 0 bridgehead atoms. The number of benzene rings is 1. The Morgan fingerprint density at radius 2 is 2.03 bits per heavy atom. The van der Waals surface area contributed by atoms with Crippen molar-refractivity contribution in [1.82, 2.24) is 5.01 Å². The van der Waals surface area contributed by atoms with Crippen molar-refractivity contribution in [3.63, 3.8) is 0 Å². The lowest BCUT2D eigenvalue weighted by Gasteiger charge is -2.19. The molecule has 1 amide bonds. The molecule has 2 aromatic heterocycles. The van der Waals surface area contributed by atoms with Gasteiger partial charge in [0.05, 0.1) is 22.6 Å². The van der Waals surface area contributed by atoms with Gasteiger partial charge in [0, 0.05) is 12.1 Å². The van der Waals surface area contributed by atoms with Gasteiger partial charge in [0.2, 0.25) is 10.0 Å². The minimum atomic E-state index is -3.33. The molecular formula is C20H19N3O4S2. The lowest BCUT2D eigenvalue weighted by atomic mass is 10.0. The van der Waals surface area contributed by atoms with Gasteiger partial charge in [-0.2, -0.15) is 5.10 Å². The predicted octanol–water partition coefficient (Wildman–Crippen LogP) is 4.09. The number of thiophene rings is 1. The molecule has 0 aliphatic carbocycles. The third kappa shape index (κ3) is 4.10. The van der Waals surface area contributed by atoms with Crippen LogP contribution < -0.4 is 4.72 Å². The summed E-state index contributed by atoms with van der Waals surface area (Å²) in [6, 6.07) is 13.9. The molecule has 0 radical (unpaired) electrons. The van der Waals surface area contributed by atoms with Crippen LogP contribution >= 0.6 is 11.3 Å². The first-order chi connectivity index (χ1) is 14.0. The van der Waals surface area contributed by atoms with E-state index in [-0.39, 0.29) is 17.7 Å². The Kier molecular flexibility index (Phi) is 5.25. The Labute approximate surface area is 172 Å². The van der Waals surface area contributed by atoms with Crippen molar-refractivity contribution in [2.45, 2.75) is 19.4 Å². The highest BCUT2D eigenvalue weighted by atomic mass is 32.2. The van der Waals surface area contributed by atoms with Crippen LogP contribution in [0.1, 0.15) is 40.4 Å². The average molecular weight is 430 g/mol. The normalized spacial score (nSPS) is 16.7. The molecule has 3 aromatic rings. The number of rotatable bonds is 6. The van der Waals surface area contributed by atoms with E-state index in [0.717, 1.165) is 11.3 Å². The van der Waals surface area contributed by atoms with Crippen molar-refractivity contribution in [1.29, 1.82) is 0 Å². The van der Waals surface area contributed by atoms with Crippen LogP contribution in [0.15, 0.2) is 69.7 Å². The lowest BCUT2D eigenvalue weighted by molar-refractivity contribution is 0.0698. The van der Waals surface area contributed by atoms with Gasteiger partial charge >= 0.3 is 0 Å². The summed E-state index contributed by atoms with van der Waals surface area (Å²) in [6.07, 6.45) is 2.08. The van der Waals surface area contributed by atoms with Gasteiger partial charge in [0.1, 0.15) is 11.8 Å². The summed E-state index contributed by atoms with van der Waals surface area (Å²) in [5.41, 5.74) is 2.05. The third-order valence-corrected chi connectivity index (χ3v) is 6.76. The van der Waals surface area contributed by atoms with E-state index in [1.807, 2.05) is 17.5 Å². The molecule has 7 nitrogen and oxygen atoms in total. The number of anilines is 1. The van der Waals surface area contributed by atoms with Crippen LogP contribution in [0.3, 0.4) is 0 Å². The fraction of sp³-hybridized carbons (Fsp3) is 0.200. The van der Waals surface area contributed by atoms with E-state index < -0.39 is 10.0 Å². The first-order valence-electron chi connectivity index (χ1n) is 9.05. The van der Waals surface area contributed by atoms with Crippen LogP contribution in [-0.2, 0) is 10.0 Å². The van der Waals surface area contributed by atoms with Crippen molar-refractivity contribution in [3.8, 4) is 0 Å². The van der Waals surface area contributed by atoms with E-state index in [1.165, 1.54) is 16.3 Å². The lowest BCUT2D eigenvalue weighted by Crippen LogP contribution is -2.26. The fourth-order valence-electron chi connectivity index (χ4n) is 3.07. The number of nitrogens with zero attached hydrogens (tertiary/aromatic N) is 2. The van der Waals surface area contributed by atoms with E-state index in [4.69, 9.17) is 4.42 Å². The van der Waals surface area contributed by atoms with Crippen molar-refractivity contribution >= 4 is 38.7 Å². The van der Waals surface area contributed by atoms with Crippen LogP contribution in [0.5, 0.6) is 0 Å². The molecule has 0 unspecified atom stereocenters. The Balaban J connectivity index is 1.62. The molecule has 0 saturated heterocycles. The molecule has 150 valence electrons. The maximum absolute atomic E-state index is 12.9. The van der Waals surface area contributed by atoms with Gasteiger partial charge in [-0.05, 0) is 48.2 Å². The maximum atomic E-state index is 12.9. The SMILES string of the molecule is CCS(=O)(=O)Nc1ccc(C2=NN(C(=O)c3cccs3)[C@H](c3ccco3)C2)cc1. The molecule has 1 atom stereocenters. The standard InChI is InChI=1S/C20H19N3O4S2/c1-2-29(25,26)22-15-9-7-14(8-10-15)16-13-17(18-5-3-11-27-18)23(21-16)20(24)19-6-4-12-28-19/h3-12,17,22H,2,13H2,1H3/t17-/m0/s1. The van der Waals surface area contributed by atoms with E-state index in [9.17, 15) is 13.2 Å². The molecule has 3 heterocycles. The molecule has 0 saturated carbocycles. The van der Waals surface area contributed by atoms with Gasteiger partial charge in [-0.15, -0.1) is 11.3 Å². The smallest absolute Gasteiger partial charge is 0.284 e. The summed E-state index contributed by atoms with van der Waals surface area (Å²) in [6.45, 7) is 1.58. The maximum Gasteiger partial charge on any atom is 0.284 e. The molecule has 4 rings (SSSR count). The summed E-state index contributed by atoms with van der Waals surface area (Å²) >= 11 is 1.37. The minimum Gasteiger partial charge on any atom is -0.467 e. The minimum absolute atomic E-state index is 0.00603. The Bertz CT molecular complexity index is 1120. The Hall–Kier alpha value is -2.91. The highest BCUT2D eigenvalue weighted by Gasteiger charge is 2.35. The van der Waals surface area contributed by atoms with E-state index in [2.05, 4.69) is 9.82 Å². The van der Waals surface area contributed by atoms with E-state index >= 15 is 0 Å². The molecular weight excluding hydrogens is 410 g/mol. The quantitative estimate of drug-likeness (QED) is 0.639. The highest BCUT2D eigenvalue weighted by molar-refractivity contribution is 7.92. The molecule has 1 aromatic carbocycles. The summed E-state index contributed by atoms with van der Waals surface area (Å²) in [5, 5.41) is 7.90. The van der Waals surface area contributed by atoms with E-state index in [0.29, 0.717) is 22.7 Å². The van der Waals surface area contributed by atoms with Gasteiger partial charge in [0.15, 0.2) is 0 Å². The summed E-state index contributed by atoms with van der Waals surface area (Å²) in [4.78, 5) is 13.6. The second-order valence-corrected chi connectivity index (χ2v) is 9.45. The third-order valence-electron chi connectivity index (χ3n) is 4.59. The molecule has 29 heavy (non-hydrogen) atoms. The Morgan fingerprint density at radius 3 is 2.66 bits per heavy atom. The summed E-state index contributed by atoms with van der Waals surface area (Å²) in [7, 11) is -3.33. The fourth-order valence-corrected chi connectivity index (χ4v) is 4.36. The van der Waals surface area contributed by atoms with Crippen molar-refractivity contribution in [2.24, 2.45) is 5.10 Å². The summed E-state index contributed by atoms with van der Waals surface area (Å²) in [5.74, 6) is 0.497. The summed E-state index contributed by atoms with van der Waals surface area (Å²) < 4.78 is 31.5. The number of hydrogen-bond acceptors (Lipinski definition) is 6. The molecule has 0 fully saturated rings. The van der Waals surface area contributed by atoms with Gasteiger partial charge in [-0.25, -0.2) is 13.4 Å². The van der Waals surface area contributed by atoms with Crippen LogP contribution in [0.25, 0.3) is 0 Å². The number of carbonyl (C=O) groups is 1. The zero-order chi connectivity index (χ0) is 20.4. The highest BCUT2D eigenvalue weighted by Crippen LogP contribution is 2.35. The van der Waals surface area contributed by atoms with Crippen molar-refractivity contribution in [3.05, 3.63) is 76.4 Å². The first-order valence-corrected chi connectivity index (χ1v) is 11.6. The molecule has 0 spiro atoms. The first kappa shape index (κ1) is 19.4. The number of sulfonamides is 1. The van der Waals surface area contributed by atoms with Gasteiger partial charge in [0.25, 0.3) is 5.91 Å². The number of furan rings is 1. The zero-order valence-corrected chi connectivity index (χ0v) is 17.2. The van der Waals surface area contributed by atoms with Crippen molar-refractivity contribution < 1.29 is 17.6 Å². The monoisotopic (exact) mass is 429 g/mol. The molecule has 1 aliphatic heterocycles. The number of hydrazone groups is 1. The second kappa shape index (κ2) is 7.84. The van der Waals surface area contributed by atoms with Crippen LogP contribution in [0, 0.1) is 0 Å². The van der Waals surface area contributed by atoms with Crippen molar-refractivity contribution in [2.75, 3.05) is 10.5 Å². The van der Waals surface area contributed by atoms with Crippen LogP contribution in [0.2, 0.25) is 0 Å². The average Bonchev–Trinajstić information content (AvgIpc) is 3.49. The van der Waals surface area contributed by atoms with Crippen LogP contribution in [0.4, 0.5) is 5.69 Å².